The summed E-state index contributed by atoms with van der Waals surface area (Å²) in [6.07, 6.45) is 0. The summed E-state index contributed by atoms with van der Waals surface area (Å²) in [5.41, 5.74) is -0.220. The van der Waals surface area contributed by atoms with Gasteiger partial charge in [0.1, 0.15) is 0 Å². The van der Waals surface area contributed by atoms with Gasteiger partial charge in [0, 0.05) is 13.1 Å². The number of rotatable bonds is 3. The van der Waals surface area contributed by atoms with Crippen LogP contribution in [0.2, 0.25) is 0 Å². The molecule has 0 aromatic heterocycles. The number of esters is 1. The van der Waals surface area contributed by atoms with Gasteiger partial charge < -0.3 is 10.1 Å². The molecule has 3 amide bonds. The normalized spacial score (nSPS) is 14.1. The van der Waals surface area contributed by atoms with Gasteiger partial charge in [-0.2, -0.15) is 0 Å². The molecule has 6 nitrogen and oxygen atoms in total. The summed E-state index contributed by atoms with van der Waals surface area (Å²) < 4.78 is 30.3. The van der Waals surface area contributed by atoms with Crippen molar-refractivity contribution >= 4 is 17.9 Å². The fourth-order valence-corrected chi connectivity index (χ4v) is 1.62. The first-order chi connectivity index (χ1) is 9.49. The van der Waals surface area contributed by atoms with Crippen LogP contribution in [0.4, 0.5) is 13.6 Å². The Balaban J connectivity index is 1.93. The highest BCUT2D eigenvalue weighted by Crippen LogP contribution is 2.10. The number of amides is 3. The molecule has 2 rings (SSSR count). The Morgan fingerprint density at radius 1 is 1.30 bits per heavy atom. The zero-order valence-corrected chi connectivity index (χ0v) is 10.2. The first-order valence-corrected chi connectivity index (χ1v) is 5.69. The van der Waals surface area contributed by atoms with Crippen molar-refractivity contribution in [1.82, 2.24) is 10.2 Å². The Morgan fingerprint density at radius 3 is 2.65 bits per heavy atom. The lowest BCUT2D eigenvalue weighted by molar-refractivity contribution is -0.130. The zero-order chi connectivity index (χ0) is 14.7. The Bertz CT molecular complexity index is 577. The van der Waals surface area contributed by atoms with Gasteiger partial charge in [-0.25, -0.2) is 18.4 Å². The molecule has 0 radical (unpaired) electrons. The number of nitrogens with zero attached hydrogens (tertiary/aromatic N) is 1. The first-order valence-electron chi connectivity index (χ1n) is 5.69. The highest BCUT2D eigenvalue weighted by Gasteiger charge is 2.26. The van der Waals surface area contributed by atoms with Gasteiger partial charge >= 0.3 is 12.0 Å². The summed E-state index contributed by atoms with van der Waals surface area (Å²) in [5, 5.41) is 2.42. The standard InChI is InChI=1S/C12H10F2N2O4/c13-8-2-1-7(5-9(8)14)11(18)20-6-10(17)16-4-3-15-12(16)19/h1-2,5H,3-4,6H2,(H,15,19). The molecule has 8 heteroatoms. The van der Waals surface area contributed by atoms with Crippen LogP contribution in [0.15, 0.2) is 18.2 Å². The predicted octanol–water partition coefficient (Wildman–Crippen LogP) is 0.673. The zero-order valence-electron chi connectivity index (χ0n) is 10.2. The van der Waals surface area contributed by atoms with Gasteiger partial charge in [0.2, 0.25) is 0 Å². The topological polar surface area (TPSA) is 75.7 Å². The molecule has 1 saturated heterocycles. The van der Waals surface area contributed by atoms with Gasteiger partial charge in [-0.1, -0.05) is 0 Å². The lowest BCUT2D eigenvalue weighted by atomic mass is 10.2. The van der Waals surface area contributed by atoms with E-state index < -0.39 is 36.1 Å². The highest BCUT2D eigenvalue weighted by atomic mass is 19.2. The van der Waals surface area contributed by atoms with Crippen LogP contribution >= 0.6 is 0 Å². The van der Waals surface area contributed by atoms with Crippen LogP contribution in [-0.2, 0) is 9.53 Å². The third-order valence-corrected chi connectivity index (χ3v) is 2.64. The van der Waals surface area contributed by atoms with Crippen molar-refractivity contribution in [2.75, 3.05) is 19.7 Å². The fraction of sp³-hybridized carbons (Fsp3) is 0.250. The minimum absolute atomic E-state index is 0.195. The molecule has 0 bridgehead atoms. The van der Waals surface area contributed by atoms with Crippen molar-refractivity contribution in [2.45, 2.75) is 0 Å². The van der Waals surface area contributed by atoms with E-state index in [-0.39, 0.29) is 12.1 Å². The Kier molecular flexibility index (Phi) is 3.92. The second kappa shape index (κ2) is 5.64. The SMILES string of the molecule is O=C(OCC(=O)N1CCNC1=O)c1ccc(F)c(F)c1. The van der Waals surface area contributed by atoms with Crippen molar-refractivity contribution in [3.8, 4) is 0 Å². The fourth-order valence-electron chi connectivity index (χ4n) is 1.62. The Labute approximate surface area is 112 Å². The molecular weight excluding hydrogens is 274 g/mol. The van der Waals surface area contributed by atoms with Crippen LogP contribution in [0.1, 0.15) is 10.4 Å². The summed E-state index contributed by atoms with van der Waals surface area (Å²) in [6.45, 7) is -0.118. The minimum Gasteiger partial charge on any atom is -0.452 e. The second-order valence-electron chi connectivity index (χ2n) is 3.98. The largest absolute Gasteiger partial charge is 0.452 e. The molecule has 1 aliphatic rings. The first kappa shape index (κ1) is 13.9. The van der Waals surface area contributed by atoms with Gasteiger partial charge in [0.15, 0.2) is 18.2 Å². The molecule has 1 heterocycles. The maximum absolute atomic E-state index is 12.9. The maximum atomic E-state index is 12.9. The summed E-state index contributed by atoms with van der Waals surface area (Å²) >= 11 is 0. The van der Waals surface area contributed by atoms with E-state index >= 15 is 0 Å². The van der Waals surface area contributed by atoms with Crippen molar-refractivity contribution in [3.05, 3.63) is 35.4 Å². The quantitative estimate of drug-likeness (QED) is 0.828. The van der Waals surface area contributed by atoms with Crippen LogP contribution in [-0.4, -0.2) is 42.5 Å². The van der Waals surface area contributed by atoms with E-state index in [0.29, 0.717) is 12.6 Å². The number of benzene rings is 1. The number of halogens is 2. The van der Waals surface area contributed by atoms with Crippen LogP contribution in [0.25, 0.3) is 0 Å². The molecule has 1 aromatic carbocycles. The molecule has 1 aliphatic heterocycles. The number of hydrogen-bond donors (Lipinski definition) is 1. The molecule has 0 saturated carbocycles. The third kappa shape index (κ3) is 2.90. The highest BCUT2D eigenvalue weighted by molar-refractivity contribution is 5.98. The van der Waals surface area contributed by atoms with Crippen molar-refractivity contribution < 1.29 is 27.9 Å². The maximum Gasteiger partial charge on any atom is 0.338 e. The van der Waals surface area contributed by atoms with E-state index in [9.17, 15) is 23.2 Å². The molecule has 1 N–H and O–H groups in total. The van der Waals surface area contributed by atoms with E-state index in [0.717, 1.165) is 17.0 Å². The molecule has 0 spiro atoms. The van der Waals surface area contributed by atoms with E-state index in [4.69, 9.17) is 0 Å². The summed E-state index contributed by atoms with van der Waals surface area (Å²) in [5.74, 6) is -3.94. The smallest absolute Gasteiger partial charge is 0.338 e. The van der Waals surface area contributed by atoms with Crippen LogP contribution in [0.3, 0.4) is 0 Å². The van der Waals surface area contributed by atoms with Gasteiger partial charge in [-0.15, -0.1) is 0 Å². The molecule has 1 aromatic rings. The minimum atomic E-state index is -1.19. The van der Waals surface area contributed by atoms with Crippen LogP contribution in [0, 0.1) is 11.6 Å². The van der Waals surface area contributed by atoms with Gasteiger partial charge in [0.25, 0.3) is 5.91 Å². The molecule has 0 unspecified atom stereocenters. The van der Waals surface area contributed by atoms with E-state index in [2.05, 4.69) is 10.1 Å². The lowest BCUT2D eigenvalue weighted by Gasteiger charge is -2.12. The molecule has 20 heavy (non-hydrogen) atoms. The number of ether oxygens (including phenoxy) is 1. The van der Waals surface area contributed by atoms with Crippen molar-refractivity contribution in [2.24, 2.45) is 0 Å². The van der Waals surface area contributed by atoms with Gasteiger partial charge in [0.05, 0.1) is 5.56 Å². The number of hydrogen-bond acceptors (Lipinski definition) is 4. The lowest BCUT2D eigenvalue weighted by Crippen LogP contribution is -2.37. The van der Waals surface area contributed by atoms with Crippen molar-refractivity contribution in [3.63, 3.8) is 0 Å². The summed E-state index contributed by atoms with van der Waals surface area (Å²) in [4.78, 5) is 35.2. The third-order valence-electron chi connectivity index (χ3n) is 2.64. The summed E-state index contributed by atoms with van der Waals surface area (Å²) in [7, 11) is 0. The van der Waals surface area contributed by atoms with E-state index in [1.54, 1.807) is 0 Å². The van der Waals surface area contributed by atoms with Crippen molar-refractivity contribution in [1.29, 1.82) is 0 Å². The summed E-state index contributed by atoms with van der Waals surface area (Å²) in [6, 6.07) is 1.93. The predicted molar refractivity (Wildman–Crippen MR) is 61.8 cm³/mol. The average molecular weight is 284 g/mol. The second-order valence-corrected chi connectivity index (χ2v) is 3.98. The van der Waals surface area contributed by atoms with E-state index in [1.165, 1.54) is 0 Å². The number of carbonyl (C=O) groups is 3. The van der Waals surface area contributed by atoms with Crippen LogP contribution < -0.4 is 5.32 Å². The van der Waals surface area contributed by atoms with Gasteiger partial charge in [-0.05, 0) is 18.2 Å². The van der Waals surface area contributed by atoms with E-state index in [1.807, 2.05) is 0 Å². The number of imide groups is 1. The number of nitrogens with one attached hydrogen (secondary N) is 1. The Morgan fingerprint density at radius 2 is 2.05 bits per heavy atom. The molecule has 0 aliphatic carbocycles. The molecule has 1 fully saturated rings. The molecule has 106 valence electrons. The van der Waals surface area contributed by atoms with Gasteiger partial charge in [-0.3, -0.25) is 9.69 Å². The monoisotopic (exact) mass is 284 g/mol. The number of urea groups is 1. The average Bonchev–Trinajstić information content (AvgIpc) is 2.85. The molecular formula is C12H10F2N2O4. The Hall–Kier alpha value is -2.51. The van der Waals surface area contributed by atoms with Crippen LogP contribution in [0.5, 0.6) is 0 Å². The number of carbonyl (C=O) groups excluding carboxylic acids is 3. The molecule has 0 atom stereocenters.